The molecule has 8 heteroatoms. The van der Waals surface area contributed by atoms with Gasteiger partial charge in [-0.2, -0.15) is 0 Å². The first-order valence-corrected chi connectivity index (χ1v) is 8.98. The van der Waals surface area contributed by atoms with Gasteiger partial charge in [0.2, 0.25) is 5.88 Å². The van der Waals surface area contributed by atoms with Crippen LogP contribution in [0, 0.1) is 5.92 Å². The molecule has 144 valence electrons. The third-order valence-electron chi connectivity index (χ3n) is 4.67. The Morgan fingerprint density at radius 3 is 2.88 bits per heavy atom. The number of carbonyl (C=O) groups is 1. The van der Waals surface area contributed by atoms with Crippen LogP contribution < -0.4 is 20.7 Å². The van der Waals surface area contributed by atoms with Crippen LogP contribution in [-0.2, 0) is 11.2 Å². The molecule has 1 saturated heterocycles. The highest BCUT2D eigenvalue weighted by Gasteiger charge is 2.37. The van der Waals surface area contributed by atoms with E-state index in [-0.39, 0.29) is 5.92 Å². The Hall–Kier alpha value is -2.22. The normalized spacial score (nSPS) is 25.4. The molecule has 8 nitrogen and oxygen atoms in total. The number of carbonyl (C=O) groups excluding carboxylic acids is 1. The molecule has 26 heavy (non-hydrogen) atoms. The number of aliphatic hydroxyl groups excluding tert-OH is 1. The van der Waals surface area contributed by atoms with Crippen LogP contribution in [0.4, 0.5) is 16.2 Å². The number of aromatic nitrogens is 1. The summed E-state index contributed by atoms with van der Waals surface area (Å²) in [6.45, 7) is 9.03. The van der Waals surface area contributed by atoms with Crippen LogP contribution >= 0.6 is 0 Å². The molecule has 1 aromatic heterocycles. The number of fused-ring (bicyclic) bond motifs is 1. The summed E-state index contributed by atoms with van der Waals surface area (Å²) in [5.74, 6) is 0.568. The van der Waals surface area contributed by atoms with Gasteiger partial charge in [0.05, 0.1) is 36.3 Å². The average Bonchev–Trinajstić information content (AvgIpc) is 2.98. The summed E-state index contributed by atoms with van der Waals surface area (Å²) in [6.07, 6.45) is 1.16. The maximum atomic E-state index is 12.2. The Morgan fingerprint density at radius 2 is 2.19 bits per heavy atom. The van der Waals surface area contributed by atoms with Crippen LogP contribution in [0.5, 0.6) is 5.88 Å². The molecule has 1 fully saturated rings. The zero-order chi connectivity index (χ0) is 19.1. The highest BCUT2D eigenvalue weighted by Crippen LogP contribution is 2.38. The fourth-order valence-electron chi connectivity index (χ4n) is 3.56. The van der Waals surface area contributed by atoms with Gasteiger partial charge in [0, 0.05) is 31.0 Å². The summed E-state index contributed by atoms with van der Waals surface area (Å²) in [7, 11) is 0. The highest BCUT2D eigenvalue weighted by atomic mass is 16.6. The van der Waals surface area contributed by atoms with E-state index in [9.17, 15) is 9.90 Å². The van der Waals surface area contributed by atoms with E-state index in [4.69, 9.17) is 15.2 Å². The van der Waals surface area contributed by atoms with Gasteiger partial charge in [-0.25, -0.2) is 9.78 Å². The predicted octanol–water partition coefficient (Wildman–Crippen LogP) is 1.31. The zero-order valence-corrected chi connectivity index (χ0v) is 15.8. The second-order valence-electron chi connectivity index (χ2n) is 8.07. The Balaban J connectivity index is 1.81. The molecule has 0 aromatic carbocycles. The standard InChI is InChI=1S/C18H28N4O4/c1-10-8-22(14-11-5-6-25-16(11)20-7-12(14)19)9-13(15(10)23)21-17(24)26-18(2,3)4/h7,10,13,15,23H,5-6,8-9,19H2,1-4H3,(H,21,24)/t10-,13+,15+/m0/s1. The van der Waals surface area contributed by atoms with Crippen LogP contribution in [0.3, 0.4) is 0 Å². The molecule has 1 amide bonds. The van der Waals surface area contributed by atoms with Crippen molar-refractivity contribution in [2.24, 2.45) is 5.92 Å². The number of anilines is 2. The molecule has 0 saturated carbocycles. The third kappa shape index (κ3) is 3.80. The second kappa shape index (κ2) is 6.83. The van der Waals surface area contributed by atoms with E-state index in [1.807, 2.05) is 6.92 Å². The topological polar surface area (TPSA) is 110 Å². The largest absolute Gasteiger partial charge is 0.477 e. The summed E-state index contributed by atoms with van der Waals surface area (Å²) in [5.41, 5.74) is 8.06. The lowest BCUT2D eigenvalue weighted by Crippen LogP contribution is -2.59. The molecule has 3 heterocycles. The number of rotatable bonds is 2. The monoisotopic (exact) mass is 364 g/mol. The summed E-state index contributed by atoms with van der Waals surface area (Å²) < 4.78 is 10.9. The lowest BCUT2D eigenvalue weighted by atomic mass is 9.91. The van der Waals surface area contributed by atoms with Crippen LogP contribution in [0.1, 0.15) is 33.3 Å². The molecule has 0 spiro atoms. The van der Waals surface area contributed by atoms with Crippen LogP contribution in [0.2, 0.25) is 0 Å². The van der Waals surface area contributed by atoms with Crippen molar-refractivity contribution in [3.63, 3.8) is 0 Å². The summed E-state index contributed by atoms with van der Waals surface area (Å²) in [5, 5.41) is 13.3. The first-order valence-electron chi connectivity index (χ1n) is 8.98. The molecule has 0 radical (unpaired) electrons. The maximum absolute atomic E-state index is 12.2. The van der Waals surface area contributed by atoms with Gasteiger partial charge in [0.15, 0.2) is 0 Å². The van der Waals surface area contributed by atoms with Crippen molar-refractivity contribution >= 4 is 17.5 Å². The summed E-state index contributed by atoms with van der Waals surface area (Å²) >= 11 is 0. The van der Waals surface area contributed by atoms with Crippen molar-refractivity contribution in [3.8, 4) is 5.88 Å². The Labute approximate surface area is 153 Å². The highest BCUT2D eigenvalue weighted by molar-refractivity contribution is 5.74. The van der Waals surface area contributed by atoms with E-state index in [2.05, 4.69) is 15.2 Å². The van der Waals surface area contributed by atoms with Crippen molar-refractivity contribution in [2.75, 3.05) is 30.3 Å². The van der Waals surface area contributed by atoms with Gasteiger partial charge in [-0.3, -0.25) is 0 Å². The minimum atomic E-state index is -0.661. The van der Waals surface area contributed by atoms with Gasteiger partial charge in [0.1, 0.15) is 5.60 Å². The van der Waals surface area contributed by atoms with Crippen LogP contribution in [-0.4, -0.2) is 53.6 Å². The van der Waals surface area contributed by atoms with E-state index in [0.717, 1.165) is 17.7 Å². The number of pyridine rings is 1. The van der Waals surface area contributed by atoms with Gasteiger partial charge in [-0.1, -0.05) is 6.92 Å². The van der Waals surface area contributed by atoms with E-state index < -0.39 is 23.8 Å². The average molecular weight is 364 g/mol. The number of amides is 1. The number of nitrogens with zero attached hydrogens (tertiary/aromatic N) is 2. The van der Waals surface area contributed by atoms with E-state index in [1.165, 1.54) is 0 Å². The van der Waals surface area contributed by atoms with E-state index in [1.54, 1.807) is 27.0 Å². The molecular formula is C18H28N4O4. The number of aliphatic hydroxyl groups is 1. The van der Waals surface area contributed by atoms with Gasteiger partial charge >= 0.3 is 6.09 Å². The number of ether oxygens (including phenoxy) is 2. The second-order valence-corrected chi connectivity index (χ2v) is 8.07. The number of hydrogen-bond acceptors (Lipinski definition) is 7. The smallest absolute Gasteiger partial charge is 0.408 e. The minimum Gasteiger partial charge on any atom is -0.477 e. The maximum Gasteiger partial charge on any atom is 0.408 e. The fraction of sp³-hybridized carbons (Fsp3) is 0.667. The number of alkyl carbamates (subject to hydrolysis) is 1. The first-order chi connectivity index (χ1) is 12.2. The third-order valence-corrected chi connectivity index (χ3v) is 4.67. The number of nitrogens with two attached hydrogens (primary N) is 1. The Kier molecular flexibility index (Phi) is 4.88. The molecule has 0 unspecified atom stereocenters. The lowest BCUT2D eigenvalue weighted by Gasteiger charge is -2.42. The number of piperidine rings is 1. The number of nitrogen functional groups attached to an aromatic ring is 1. The molecule has 1 aromatic rings. The molecule has 0 bridgehead atoms. The van der Waals surface area contributed by atoms with Gasteiger partial charge in [-0.15, -0.1) is 0 Å². The molecule has 4 N–H and O–H groups in total. The first kappa shape index (κ1) is 18.6. The van der Waals surface area contributed by atoms with Crippen molar-refractivity contribution in [2.45, 2.75) is 51.9 Å². The number of nitrogens with one attached hydrogen (secondary N) is 1. The summed E-state index contributed by atoms with van der Waals surface area (Å²) in [6, 6.07) is -0.459. The zero-order valence-electron chi connectivity index (χ0n) is 15.8. The molecule has 2 aliphatic heterocycles. The molecule has 0 aliphatic carbocycles. The van der Waals surface area contributed by atoms with E-state index in [0.29, 0.717) is 31.3 Å². The van der Waals surface area contributed by atoms with Gasteiger partial charge in [-0.05, 0) is 20.8 Å². The van der Waals surface area contributed by atoms with Crippen LogP contribution in [0.25, 0.3) is 0 Å². The molecular weight excluding hydrogens is 336 g/mol. The Morgan fingerprint density at radius 1 is 1.46 bits per heavy atom. The Bertz CT molecular complexity index is 689. The minimum absolute atomic E-state index is 0.0470. The van der Waals surface area contributed by atoms with Crippen LogP contribution in [0.15, 0.2) is 6.20 Å². The van der Waals surface area contributed by atoms with Crippen molar-refractivity contribution in [1.82, 2.24) is 10.3 Å². The van der Waals surface area contributed by atoms with Crippen molar-refractivity contribution in [1.29, 1.82) is 0 Å². The molecule has 3 rings (SSSR count). The van der Waals surface area contributed by atoms with E-state index >= 15 is 0 Å². The molecule has 3 atom stereocenters. The SMILES string of the molecule is C[C@H]1CN(c2c(N)cnc3c2CCO3)C[C@@H](NC(=O)OC(C)(C)C)[C@@H]1O. The fourth-order valence-corrected chi connectivity index (χ4v) is 3.56. The van der Waals surface area contributed by atoms with Gasteiger partial charge < -0.3 is 30.5 Å². The predicted molar refractivity (Wildman–Crippen MR) is 98.4 cm³/mol. The quantitative estimate of drug-likeness (QED) is 0.726. The van der Waals surface area contributed by atoms with Crippen molar-refractivity contribution in [3.05, 3.63) is 11.8 Å². The molecule has 2 aliphatic rings. The van der Waals surface area contributed by atoms with Crippen molar-refractivity contribution < 1.29 is 19.4 Å². The lowest BCUT2D eigenvalue weighted by molar-refractivity contribution is 0.0303. The van der Waals surface area contributed by atoms with Gasteiger partial charge in [0.25, 0.3) is 0 Å². The summed E-state index contributed by atoms with van der Waals surface area (Å²) in [4.78, 5) is 18.5. The number of hydrogen-bond donors (Lipinski definition) is 3.